The number of aryl methyl sites for hydroxylation is 1. The molecule has 0 amide bonds. The van der Waals surface area contributed by atoms with E-state index in [2.05, 4.69) is 24.3 Å². The van der Waals surface area contributed by atoms with Gasteiger partial charge in [0.25, 0.3) is 0 Å². The second kappa shape index (κ2) is 5.28. The average Bonchev–Trinajstić information content (AvgIpc) is 2.59. The van der Waals surface area contributed by atoms with Crippen molar-refractivity contribution in [2.75, 3.05) is 13.7 Å². The van der Waals surface area contributed by atoms with E-state index in [0.29, 0.717) is 0 Å². The summed E-state index contributed by atoms with van der Waals surface area (Å²) >= 11 is 0. The Morgan fingerprint density at radius 3 is 2.80 bits per heavy atom. The van der Waals surface area contributed by atoms with Crippen molar-refractivity contribution in [2.24, 2.45) is 7.05 Å². The predicted octanol–water partition coefficient (Wildman–Crippen LogP) is 1.32. The number of rotatable bonds is 6. The van der Waals surface area contributed by atoms with E-state index in [1.807, 2.05) is 24.0 Å². The Labute approximate surface area is 91.6 Å². The van der Waals surface area contributed by atoms with Gasteiger partial charge in [0.05, 0.1) is 11.3 Å². The lowest BCUT2D eigenvalue weighted by Crippen LogP contribution is -2.29. The van der Waals surface area contributed by atoms with Crippen molar-refractivity contribution in [2.45, 2.75) is 32.4 Å². The van der Waals surface area contributed by atoms with E-state index < -0.39 is 0 Å². The first-order valence-electron chi connectivity index (χ1n) is 5.28. The van der Waals surface area contributed by atoms with Gasteiger partial charge >= 0.3 is 0 Å². The molecule has 0 aliphatic heterocycles. The van der Waals surface area contributed by atoms with Crippen LogP contribution >= 0.6 is 0 Å². The smallest absolute Gasteiger partial charge is 0.0634 e. The summed E-state index contributed by atoms with van der Waals surface area (Å²) in [6.07, 6.45) is 2.82. The topological polar surface area (TPSA) is 39.1 Å². The summed E-state index contributed by atoms with van der Waals surface area (Å²) in [4.78, 5) is 0. The maximum absolute atomic E-state index is 5.34. The minimum absolute atomic E-state index is 0.0422. The highest BCUT2D eigenvalue weighted by atomic mass is 16.5. The summed E-state index contributed by atoms with van der Waals surface area (Å²) in [5.41, 5.74) is 1.16. The van der Waals surface area contributed by atoms with Crippen LogP contribution in [0.5, 0.6) is 0 Å². The second-order valence-corrected chi connectivity index (χ2v) is 4.34. The molecule has 0 bridgehead atoms. The van der Waals surface area contributed by atoms with E-state index in [1.54, 1.807) is 7.11 Å². The first-order valence-corrected chi connectivity index (χ1v) is 5.28. The molecule has 1 heterocycles. The molecule has 0 saturated carbocycles. The number of ether oxygens (including phenoxy) is 1. The molecule has 4 heteroatoms. The highest BCUT2D eigenvalue weighted by molar-refractivity contribution is 4.99. The molecule has 0 aromatic carbocycles. The molecule has 0 saturated heterocycles. The van der Waals surface area contributed by atoms with Crippen molar-refractivity contribution < 1.29 is 4.74 Å². The van der Waals surface area contributed by atoms with E-state index in [0.717, 1.165) is 19.5 Å². The van der Waals surface area contributed by atoms with E-state index >= 15 is 0 Å². The average molecular weight is 211 g/mol. The Hall–Kier alpha value is -0.870. The number of nitrogens with zero attached hydrogens (tertiary/aromatic N) is 2. The Morgan fingerprint density at radius 1 is 1.53 bits per heavy atom. The third-order valence-electron chi connectivity index (χ3n) is 2.68. The zero-order chi connectivity index (χ0) is 11.3. The Morgan fingerprint density at radius 2 is 2.27 bits per heavy atom. The van der Waals surface area contributed by atoms with Gasteiger partial charge < -0.3 is 10.1 Å². The lowest BCUT2D eigenvalue weighted by Gasteiger charge is -2.22. The highest BCUT2D eigenvalue weighted by Gasteiger charge is 2.14. The molecule has 0 fully saturated rings. The normalized spacial score (nSPS) is 12.0. The number of aromatic nitrogens is 2. The van der Waals surface area contributed by atoms with Gasteiger partial charge in [-0.15, -0.1) is 0 Å². The summed E-state index contributed by atoms with van der Waals surface area (Å²) in [5, 5.41) is 7.49. The molecule has 0 radical (unpaired) electrons. The zero-order valence-electron chi connectivity index (χ0n) is 10.1. The molecule has 4 nitrogen and oxygen atoms in total. The lowest BCUT2D eigenvalue weighted by molar-refractivity contribution is 0.0158. The van der Waals surface area contributed by atoms with Crippen molar-refractivity contribution in [1.82, 2.24) is 15.1 Å². The molecule has 0 aliphatic rings. The number of hydrogen-bond acceptors (Lipinski definition) is 3. The van der Waals surface area contributed by atoms with E-state index in [-0.39, 0.29) is 5.60 Å². The van der Waals surface area contributed by atoms with Gasteiger partial charge in [-0.3, -0.25) is 4.68 Å². The maximum atomic E-state index is 5.34. The van der Waals surface area contributed by atoms with Crippen LogP contribution in [0.1, 0.15) is 26.0 Å². The molecule has 1 N–H and O–H groups in total. The quantitative estimate of drug-likeness (QED) is 0.721. The van der Waals surface area contributed by atoms with Gasteiger partial charge in [-0.2, -0.15) is 5.10 Å². The Kier molecular flexibility index (Phi) is 4.29. The van der Waals surface area contributed by atoms with Gasteiger partial charge in [0, 0.05) is 26.9 Å². The summed E-state index contributed by atoms with van der Waals surface area (Å²) in [6.45, 7) is 6.00. The molecule has 1 aromatic rings. The number of methoxy groups -OCH3 is 1. The van der Waals surface area contributed by atoms with Crippen LogP contribution in [0.4, 0.5) is 0 Å². The Bertz CT molecular complexity index is 294. The summed E-state index contributed by atoms with van der Waals surface area (Å²) in [6, 6.07) is 2.02. The molecule has 0 aliphatic carbocycles. The van der Waals surface area contributed by atoms with Crippen LogP contribution in [-0.2, 0) is 18.3 Å². The van der Waals surface area contributed by atoms with Crippen molar-refractivity contribution in [1.29, 1.82) is 0 Å². The van der Waals surface area contributed by atoms with Gasteiger partial charge in [0.15, 0.2) is 0 Å². The fourth-order valence-corrected chi connectivity index (χ4v) is 1.28. The first kappa shape index (κ1) is 12.2. The van der Waals surface area contributed by atoms with Crippen molar-refractivity contribution in [3.63, 3.8) is 0 Å². The van der Waals surface area contributed by atoms with Crippen LogP contribution in [0, 0.1) is 0 Å². The molecular weight excluding hydrogens is 190 g/mol. The van der Waals surface area contributed by atoms with E-state index in [4.69, 9.17) is 4.74 Å². The van der Waals surface area contributed by atoms with Gasteiger partial charge in [-0.25, -0.2) is 0 Å². The fourth-order valence-electron chi connectivity index (χ4n) is 1.28. The maximum Gasteiger partial charge on any atom is 0.0634 e. The fraction of sp³-hybridized carbons (Fsp3) is 0.727. The van der Waals surface area contributed by atoms with Gasteiger partial charge in [0.1, 0.15) is 0 Å². The van der Waals surface area contributed by atoms with Crippen LogP contribution in [0.15, 0.2) is 12.3 Å². The molecule has 0 spiro atoms. The summed E-state index contributed by atoms with van der Waals surface area (Å²) in [7, 11) is 3.71. The summed E-state index contributed by atoms with van der Waals surface area (Å²) in [5.74, 6) is 0. The molecule has 86 valence electrons. The first-order chi connectivity index (χ1) is 7.05. The van der Waals surface area contributed by atoms with Crippen LogP contribution in [-0.4, -0.2) is 29.0 Å². The van der Waals surface area contributed by atoms with Gasteiger partial charge in [-0.1, -0.05) is 0 Å². The predicted molar refractivity (Wildman–Crippen MR) is 60.6 cm³/mol. The molecule has 1 aromatic heterocycles. The largest absolute Gasteiger partial charge is 0.379 e. The summed E-state index contributed by atoms with van der Waals surface area (Å²) < 4.78 is 7.22. The standard InChI is InChI=1S/C11H21N3O/c1-11(2,15-4)6-8-12-9-10-5-7-13-14(10)3/h5,7,12H,6,8-9H2,1-4H3. The Balaban J connectivity index is 2.20. The molecule has 15 heavy (non-hydrogen) atoms. The molecule has 0 atom stereocenters. The SMILES string of the molecule is COC(C)(C)CCNCc1ccnn1C. The van der Waals surface area contributed by atoms with Crippen molar-refractivity contribution >= 4 is 0 Å². The minimum Gasteiger partial charge on any atom is -0.379 e. The van der Waals surface area contributed by atoms with Crippen LogP contribution in [0.3, 0.4) is 0 Å². The third-order valence-corrected chi connectivity index (χ3v) is 2.68. The van der Waals surface area contributed by atoms with E-state index in [9.17, 15) is 0 Å². The monoisotopic (exact) mass is 211 g/mol. The third kappa shape index (κ3) is 4.01. The zero-order valence-corrected chi connectivity index (χ0v) is 10.1. The van der Waals surface area contributed by atoms with Crippen molar-refractivity contribution in [3.8, 4) is 0 Å². The lowest BCUT2D eigenvalue weighted by atomic mass is 10.1. The van der Waals surface area contributed by atoms with Gasteiger partial charge in [-0.05, 0) is 32.9 Å². The molecular formula is C11H21N3O. The van der Waals surface area contributed by atoms with Crippen LogP contribution < -0.4 is 5.32 Å². The number of hydrogen-bond donors (Lipinski definition) is 1. The molecule has 0 unspecified atom stereocenters. The van der Waals surface area contributed by atoms with Gasteiger partial charge in [0.2, 0.25) is 0 Å². The van der Waals surface area contributed by atoms with Crippen molar-refractivity contribution in [3.05, 3.63) is 18.0 Å². The van der Waals surface area contributed by atoms with Crippen LogP contribution in [0.2, 0.25) is 0 Å². The number of nitrogens with one attached hydrogen (secondary N) is 1. The van der Waals surface area contributed by atoms with E-state index in [1.165, 1.54) is 5.69 Å². The minimum atomic E-state index is -0.0422. The van der Waals surface area contributed by atoms with Crippen LogP contribution in [0.25, 0.3) is 0 Å². The molecule has 1 rings (SSSR count). The second-order valence-electron chi connectivity index (χ2n) is 4.34. The highest BCUT2D eigenvalue weighted by Crippen LogP contribution is 2.11.